The van der Waals surface area contributed by atoms with Crippen molar-refractivity contribution in [2.24, 2.45) is 0 Å². The van der Waals surface area contributed by atoms with Gasteiger partial charge in [0.25, 0.3) is 5.91 Å². The van der Waals surface area contributed by atoms with Gasteiger partial charge in [0.05, 0.1) is 18.7 Å². The number of halogens is 1. The number of ketones is 1. The number of methoxy groups -OCH3 is 1. The third kappa shape index (κ3) is 3.16. The van der Waals surface area contributed by atoms with Crippen LogP contribution in [-0.4, -0.2) is 28.9 Å². The Hall–Kier alpha value is -3.62. The summed E-state index contributed by atoms with van der Waals surface area (Å²) in [5, 5.41) is 14.0. The molecule has 0 saturated heterocycles. The van der Waals surface area contributed by atoms with E-state index in [2.05, 4.69) is 4.98 Å². The van der Waals surface area contributed by atoms with Crippen LogP contribution in [-0.2, 0) is 4.79 Å². The Kier molecular flexibility index (Phi) is 4.96. The Morgan fingerprint density at radius 3 is 2.72 bits per heavy atom. The highest BCUT2D eigenvalue weighted by atomic mass is 35.5. The Bertz CT molecular complexity index is 1380. The number of furan rings is 1. The van der Waals surface area contributed by atoms with Gasteiger partial charge >= 0.3 is 0 Å². The molecule has 0 bridgehead atoms. The van der Waals surface area contributed by atoms with E-state index in [1.165, 1.54) is 23.3 Å². The first-order chi connectivity index (χ1) is 15.5. The van der Waals surface area contributed by atoms with Crippen molar-refractivity contribution in [3.8, 4) is 5.75 Å². The molecule has 0 fully saturated rings. The van der Waals surface area contributed by atoms with Gasteiger partial charge in [0.15, 0.2) is 28.0 Å². The van der Waals surface area contributed by atoms with Crippen LogP contribution in [0.2, 0.25) is 5.02 Å². The molecule has 3 heterocycles. The van der Waals surface area contributed by atoms with Gasteiger partial charge in [-0.3, -0.25) is 14.5 Å². The highest BCUT2D eigenvalue weighted by Crippen LogP contribution is 2.43. The van der Waals surface area contributed by atoms with Crippen LogP contribution in [0.4, 0.5) is 5.13 Å². The van der Waals surface area contributed by atoms with Crippen LogP contribution in [0.15, 0.2) is 75.9 Å². The fraction of sp³-hybridized carbons (Fsp3) is 0.0870. The molecular formula is C23H15ClN2O5S. The molecule has 0 spiro atoms. The van der Waals surface area contributed by atoms with E-state index < -0.39 is 23.5 Å². The van der Waals surface area contributed by atoms with Crippen LogP contribution in [0.25, 0.3) is 11.0 Å². The zero-order valence-corrected chi connectivity index (χ0v) is 18.2. The Morgan fingerprint density at radius 2 is 2.03 bits per heavy atom. The van der Waals surface area contributed by atoms with Gasteiger partial charge in [-0.15, -0.1) is 11.3 Å². The molecule has 0 radical (unpaired) electrons. The number of aliphatic hydroxyl groups is 1. The van der Waals surface area contributed by atoms with E-state index >= 15 is 0 Å². The minimum atomic E-state index is -0.895. The van der Waals surface area contributed by atoms with Crippen molar-refractivity contribution in [2.75, 3.05) is 12.0 Å². The number of ether oxygens (including phenoxy) is 1. The van der Waals surface area contributed by atoms with Crippen LogP contribution < -0.4 is 9.64 Å². The minimum Gasteiger partial charge on any atom is -0.503 e. The van der Waals surface area contributed by atoms with Crippen molar-refractivity contribution in [2.45, 2.75) is 6.04 Å². The number of amides is 1. The smallest absolute Gasteiger partial charge is 0.296 e. The fourth-order valence-corrected chi connectivity index (χ4v) is 4.56. The number of thiazole rings is 1. The molecule has 5 rings (SSSR count). The molecule has 1 aliphatic heterocycles. The number of aliphatic hydroxyl groups excluding tert-OH is 1. The lowest BCUT2D eigenvalue weighted by atomic mass is 9.95. The molecule has 1 unspecified atom stereocenters. The molecule has 0 aliphatic carbocycles. The van der Waals surface area contributed by atoms with E-state index in [1.54, 1.807) is 60.1 Å². The molecule has 4 aromatic rings. The molecule has 1 aliphatic rings. The number of rotatable bonds is 5. The average Bonchev–Trinajstić information content (AvgIpc) is 3.53. The minimum absolute atomic E-state index is 0.0150. The second-order valence-electron chi connectivity index (χ2n) is 7.02. The van der Waals surface area contributed by atoms with E-state index in [0.29, 0.717) is 32.4 Å². The fourth-order valence-electron chi connectivity index (χ4n) is 3.77. The van der Waals surface area contributed by atoms with Crippen molar-refractivity contribution in [1.82, 2.24) is 4.98 Å². The Morgan fingerprint density at radius 1 is 1.25 bits per heavy atom. The molecule has 9 heteroatoms. The van der Waals surface area contributed by atoms with Crippen molar-refractivity contribution in [1.29, 1.82) is 0 Å². The van der Waals surface area contributed by atoms with E-state index in [1.807, 2.05) is 0 Å². The number of fused-ring (bicyclic) bond motifs is 1. The molecule has 2 aromatic carbocycles. The van der Waals surface area contributed by atoms with E-state index in [0.717, 1.165) is 0 Å². The molecule has 32 heavy (non-hydrogen) atoms. The topological polar surface area (TPSA) is 92.9 Å². The summed E-state index contributed by atoms with van der Waals surface area (Å²) >= 11 is 7.26. The predicted molar refractivity (Wildman–Crippen MR) is 121 cm³/mol. The summed E-state index contributed by atoms with van der Waals surface area (Å²) in [6, 6.07) is 12.7. The Balaban J connectivity index is 1.66. The van der Waals surface area contributed by atoms with Gasteiger partial charge in [-0.25, -0.2) is 4.98 Å². The number of carbonyl (C=O) groups is 2. The lowest BCUT2D eigenvalue weighted by Gasteiger charge is -2.24. The highest BCUT2D eigenvalue weighted by molar-refractivity contribution is 7.13. The molecule has 160 valence electrons. The molecule has 0 saturated carbocycles. The van der Waals surface area contributed by atoms with Crippen molar-refractivity contribution in [3.05, 3.63) is 87.8 Å². The molecule has 1 N–H and O–H groups in total. The first-order valence-electron chi connectivity index (χ1n) is 9.52. The second-order valence-corrected chi connectivity index (χ2v) is 8.33. The van der Waals surface area contributed by atoms with Gasteiger partial charge in [-0.1, -0.05) is 35.9 Å². The first kappa shape index (κ1) is 20.3. The summed E-state index contributed by atoms with van der Waals surface area (Å²) in [5.41, 5.74) is 0.909. The lowest BCUT2D eigenvalue weighted by molar-refractivity contribution is -0.117. The number of para-hydroxylation sites is 1. The number of aromatic nitrogens is 1. The first-order valence-corrected chi connectivity index (χ1v) is 10.8. The maximum Gasteiger partial charge on any atom is 0.296 e. The SMILES string of the molecule is COc1cccc2cc(C(=O)C3=C(O)C(=O)N(c4nccs4)C3c3ccc(Cl)cc3)oc12. The zero-order chi connectivity index (χ0) is 22.4. The molecular weight excluding hydrogens is 452 g/mol. The summed E-state index contributed by atoms with van der Waals surface area (Å²) in [6.07, 6.45) is 1.55. The van der Waals surface area contributed by atoms with Crippen molar-refractivity contribution in [3.63, 3.8) is 0 Å². The van der Waals surface area contributed by atoms with E-state index in [-0.39, 0.29) is 11.3 Å². The lowest BCUT2D eigenvalue weighted by Crippen LogP contribution is -2.30. The maximum atomic E-state index is 13.6. The van der Waals surface area contributed by atoms with Gasteiger partial charge < -0.3 is 14.3 Å². The van der Waals surface area contributed by atoms with Crippen LogP contribution in [0.3, 0.4) is 0 Å². The molecule has 2 aromatic heterocycles. The average molecular weight is 467 g/mol. The summed E-state index contributed by atoms with van der Waals surface area (Å²) in [6.45, 7) is 0. The summed E-state index contributed by atoms with van der Waals surface area (Å²) in [7, 11) is 1.51. The van der Waals surface area contributed by atoms with Gasteiger partial charge in [-0.2, -0.15) is 0 Å². The van der Waals surface area contributed by atoms with Crippen molar-refractivity contribution < 1.29 is 23.8 Å². The number of hydrogen-bond acceptors (Lipinski definition) is 7. The third-order valence-electron chi connectivity index (χ3n) is 5.22. The second kappa shape index (κ2) is 7.81. The number of anilines is 1. The van der Waals surface area contributed by atoms with E-state index in [9.17, 15) is 14.7 Å². The number of nitrogens with zero attached hydrogens (tertiary/aromatic N) is 2. The number of carbonyl (C=O) groups excluding carboxylic acids is 2. The normalized spacial score (nSPS) is 16.2. The third-order valence-corrected chi connectivity index (χ3v) is 6.24. The molecule has 1 atom stereocenters. The standard InChI is InChI=1S/C23H15ClN2O5S/c1-30-15-4-2-3-13-11-16(31-21(13)15)19(27)17-18(12-5-7-14(24)8-6-12)26(22(29)20(17)28)23-25-9-10-32-23/h2-11,18,28H,1H3. The van der Waals surface area contributed by atoms with Gasteiger partial charge in [0, 0.05) is 22.0 Å². The summed E-state index contributed by atoms with van der Waals surface area (Å²) in [5.74, 6) is -1.50. The highest BCUT2D eigenvalue weighted by Gasteiger charge is 2.46. The summed E-state index contributed by atoms with van der Waals surface area (Å²) in [4.78, 5) is 32.1. The van der Waals surface area contributed by atoms with Crippen LogP contribution in [0.5, 0.6) is 5.75 Å². The summed E-state index contributed by atoms with van der Waals surface area (Å²) < 4.78 is 11.1. The van der Waals surface area contributed by atoms with Crippen LogP contribution in [0, 0.1) is 0 Å². The molecule has 7 nitrogen and oxygen atoms in total. The van der Waals surface area contributed by atoms with Crippen molar-refractivity contribution >= 4 is 50.7 Å². The van der Waals surface area contributed by atoms with Gasteiger partial charge in [-0.05, 0) is 29.8 Å². The zero-order valence-electron chi connectivity index (χ0n) is 16.6. The predicted octanol–water partition coefficient (Wildman–Crippen LogP) is 5.33. The number of hydrogen-bond donors (Lipinski definition) is 1. The quantitative estimate of drug-likeness (QED) is 0.399. The van der Waals surface area contributed by atoms with Gasteiger partial charge in [0.2, 0.25) is 5.78 Å². The van der Waals surface area contributed by atoms with Crippen LogP contribution >= 0.6 is 22.9 Å². The number of Topliss-reactive ketones (excluding diaryl/α,β-unsaturated/α-hetero) is 1. The monoisotopic (exact) mass is 466 g/mol. The Labute approximate surface area is 191 Å². The van der Waals surface area contributed by atoms with Crippen LogP contribution in [0.1, 0.15) is 22.2 Å². The van der Waals surface area contributed by atoms with Gasteiger partial charge in [0.1, 0.15) is 0 Å². The van der Waals surface area contributed by atoms with E-state index in [4.69, 9.17) is 20.8 Å². The maximum absolute atomic E-state index is 13.6. The largest absolute Gasteiger partial charge is 0.503 e. The number of benzene rings is 2. The molecule has 1 amide bonds.